The summed E-state index contributed by atoms with van der Waals surface area (Å²) in [4.78, 5) is 0. The zero-order valence-electron chi connectivity index (χ0n) is 10.5. The summed E-state index contributed by atoms with van der Waals surface area (Å²) >= 11 is 0. The van der Waals surface area contributed by atoms with E-state index in [1.807, 2.05) is 30.3 Å². The monoisotopic (exact) mass is 247 g/mol. The Hall–Kier alpha value is -1.78. The van der Waals surface area contributed by atoms with Gasteiger partial charge in [0.1, 0.15) is 5.75 Å². The molecule has 4 nitrogen and oxygen atoms in total. The SMILES string of the molecule is COC(CNc1cccc2c(O)cccc12)OC. The topological polar surface area (TPSA) is 50.7 Å². The minimum absolute atomic E-state index is 0.284. The van der Waals surface area contributed by atoms with Crippen LogP contribution >= 0.6 is 0 Å². The lowest BCUT2D eigenvalue weighted by atomic mass is 10.1. The van der Waals surface area contributed by atoms with Crippen LogP contribution in [0, 0.1) is 0 Å². The lowest BCUT2D eigenvalue weighted by Crippen LogP contribution is -2.23. The van der Waals surface area contributed by atoms with E-state index in [1.54, 1.807) is 20.3 Å². The number of anilines is 1. The maximum absolute atomic E-state index is 9.79. The van der Waals surface area contributed by atoms with Gasteiger partial charge in [-0.15, -0.1) is 0 Å². The maximum atomic E-state index is 9.79. The van der Waals surface area contributed by atoms with Crippen molar-refractivity contribution in [2.75, 3.05) is 26.1 Å². The Labute approximate surface area is 106 Å². The lowest BCUT2D eigenvalue weighted by molar-refractivity contribution is -0.0913. The molecule has 4 heteroatoms. The number of nitrogens with one attached hydrogen (secondary N) is 1. The largest absolute Gasteiger partial charge is 0.507 e. The number of ether oxygens (including phenoxy) is 2. The fourth-order valence-electron chi connectivity index (χ4n) is 1.90. The first kappa shape index (κ1) is 12.7. The Bertz CT molecular complexity index is 523. The number of fused-ring (bicyclic) bond motifs is 1. The molecule has 2 rings (SSSR count). The number of hydrogen-bond acceptors (Lipinski definition) is 4. The fourth-order valence-corrected chi connectivity index (χ4v) is 1.90. The third-order valence-corrected chi connectivity index (χ3v) is 2.88. The van der Waals surface area contributed by atoms with Crippen LogP contribution in [-0.2, 0) is 9.47 Å². The van der Waals surface area contributed by atoms with E-state index in [0.717, 1.165) is 16.5 Å². The van der Waals surface area contributed by atoms with Gasteiger partial charge < -0.3 is 19.9 Å². The second-order valence-electron chi connectivity index (χ2n) is 3.96. The molecule has 0 amide bonds. The molecular formula is C14H17NO3. The van der Waals surface area contributed by atoms with Crippen molar-refractivity contribution in [3.63, 3.8) is 0 Å². The van der Waals surface area contributed by atoms with Gasteiger partial charge in [-0.1, -0.05) is 24.3 Å². The van der Waals surface area contributed by atoms with E-state index < -0.39 is 0 Å². The molecular weight excluding hydrogens is 230 g/mol. The Kier molecular flexibility index (Phi) is 4.02. The number of methoxy groups -OCH3 is 2. The highest BCUT2D eigenvalue weighted by atomic mass is 16.7. The Morgan fingerprint density at radius 3 is 2.44 bits per heavy atom. The third-order valence-electron chi connectivity index (χ3n) is 2.88. The molecule has 0 unspecified atom stereocenters. The van der Waals surface area contributed by atoms with Crippen LogP contribution in [0.4, 0.5) is 5.69 Å². The average Bonchev–Trinajstić information content (AvgIpc) is 2.41. The van der Waals surface area contributed by atoms with Gasteiger partial charge >= 0.3 is 0 Å². The molecule has 0 spiro atoms. The molecule has 2 aromatic rings. The minimum Gasteiger partial charge on any atom is -0.507 e. The second kappa shape index (κ2) is 5.71. The van der Waals surface area contributed by atoms with Gasteiger partial charge in [0.05, 0.1) is 6.54 Å². The van der Waals surface area contributed by atoms with Gasteiger partial charge in [0.15, 0.2) is 6.29 Å². The van der Waals surface area contributed by atoms with Gasteiger partial charge in [0.25, 0.3) is 0 Å². The average molecular weight is 247 g/mol. The van der Waals surface area contributed by atoms with Crippen LogP contribution in [-0.4, -0.2) is 32.2 Å². The zero-order chi connectivity index (χ0) is 13.0. The number of hydrogen-bond donors (Lipinski definition) is 2. The van der Waals surface area contributed by atoms with Gasteiger partial charge in [-0.3, -0.25) is 0 Å². The van der Waals surface area contributed by atoms with Gasteiger partial charge in [0, 0.05) is 30.7 Å². The normalized spacial score (nSPS) is 11.1. The van der Waals surface area contributed by atoms with Gasteiger partial charge in [-0.2, -0.15) is 0 Å². The molecule has 96 valence electrons. The first-order valence-corrected chi connectivity index (χ1v) is 5.76. The highest BCUT2D eigenvalue weighted by Crippen LogP contribution is 2.29. The fraction of sp³-hybridized carbons (Fsp3) is 0.286. The van der Waals surface area contributed by atoms with Crippen molar-refractivity contribution in [3.05, 3.63) is 36.4 Å². The molecule has 18 heavy (non-hydrogen) atoms. The highest BCUT2D eigenvalue weighted by molar-refractivity contribution is 5.97. The quantitative estimate of drug-likeness (QED) is 0.797. The van der Waals surface area contributed by atoms with Crippen LogP contribution in [0.15, 0.2) is 36.4 Å². The molecule has 0 saturated heterocycles. The molecule has 0 aromatic heterocycles. The minimum atomic E-state index is -0.294. The van der Waals surface area contributed by atoms with E-state index in [0.29, 0.717) is 6.54 Å². The number of rotatable bonds is 5. The first-order chi connectivity index (χ1) is 8.76. The van der Waals surface area contributed by atoms with Crippen LogP contribution in [0.5, 0.6) is 5.75 Å². The van der Waals surface area contributed by atoms with Crippen molar-refractivity contribution in [3.8, 4) is 5.75 Å². The molecule has 0 aliphatic rings. The van der Waals surface area contributed by atoms with Crippen molar-refractivity contribution >= 4 is 16.5 Å². The van der Waals surface area contributed by atoms with Gasteiger partial charge in [-0.05, 0) is 12.1 Å². The molecule has 0 aliphatic carbocycles. The summed E-state index contributed by atoms with van der Waals surface area (Å²) < 4.78 is 10.2. The van der Waals surface area contributed by atoms with E-state index in [-0.39, 0.29) is 12.0 Å². The lowest BCUT2D eigenvalue weighted by Gasteiger charge is -2.16. The van der Waals surface area contributed by atoms with Crippen molar-refractivity contribution in [2.45, 2.75) is 6.29 Å². The molecule has 2 aromatic carbocycles. The van der Waals surface area contributed by atoms with Crippen molar-refractivity contribution < 1.29 is 14.6 Å². The predicted octanol–water partition coefficient (Wildman–Crippen LogP) is 2.58. The van der Waals surface area contributed by atoms with Crippen LogP contribution in [0.25, 0.3) is 10.8 Å². The smallest absolute Gasteiger partial charge is 0.173 e. The van der Waals surface area contributed by atoms with Crippen LogP contribution in [0.3, 0.4) is 0 Å². The van der Waals surface area contributed by atoms with E-state index in [2.05, 4.69) is 5.32 Å². The molecule has 0 heterocycles. The number of benzene rings is 2. The summed E-state index contributed by atoms with van der Waals surface area (Å²) in [6.45, 7) is 0.543. The van der Waals surface area contributed by atoms with Crippen molar-refractivity contribution in [2.24, 2.45) is 0 Å². The molecule has 0 radical (unpaired) electrons. The zero-order valence-corrected chi connectivity index (χ0v) is 10.5. The van der Waals surface area contributed by atoms with E-state index in [9.17, 15) is 5.11 Å². The number of phenolic OH excluding ortho intramolecular Hbond substituents is 1. The van der Waals surface area contributed by atoms with Crippen LogP contribution < -0.4 is 5.32 Å². The summed E-state index contributed by atoms with van der Waals surface area (Å²) in [6, 6.07) is 11.2. The first-order valence-electron chi connectivity index (χ1n) is 5.76. The number of aromatic hydroxyl groups is 1. The van der Waals surface area contributed by atoms with Crippen LogP contribution in [0.2, 0.25) is 0 Å². The third kappa shape index (κ3) is 2.55. The molecule has 0 fully saturated rings. The standard InChI is InChI=1S/C14H17NO3/c1-17-14(18-2)9-15-12-7-3-6-11-10(12)5-4-8-13(11)16/h3-8,14-16H,9H2,1-2H3. The summed E-state index contributed by atoms with van der Waals surface area (Å²) in [5, 5.41) is 14.8. The molecule has 0 atom stereocenters. The van der Waals surface area contributed by atoms with Crippen molar-refractivity contribution in [1.82, 2.24) is 0 Å². The Morgan fingerprint density at radius 2 is 1.72 bits per heavy atom. The van der Waals surface area contributed by atoms with Crippen LogP contribution in [0.1, 0.15) is 0 Å². The predicted molar refractivity (Wildman–Crippen MR) is 71.9 cm³/mol. The second-order valence-corrected chi connectivity index (χ2v) is 3.96. The van der Waals surface area contributed by atoms with E-state index >= 15 is 0 Å². The molecule has 2 N–H and O–H groups in total. The molecule has 0 saturated carbocycles. The summed E-state index contributed by atoms with van der Waals surface area (Å²) in [5.74, 6) is 0.284. The molecule has 0 bridgehead atoms. The maximum Gasteiger partial charge on any atom is 0.173 e. The summed E-state index contributed by atoms with van der Waals surface area (Å²) in [6.07, 6.45) is -0.294. The highest BCUT2D eigenvalue weighted by Gasteiger charge is 2.07. The van der Waals surface area contributed by atoms with Crippen molar-refractivity contribution in [1.29, 1.82) is 0 Å². The van der Waals surface area contributed by atoms with E-state index in [1.165, 1.54) is 0 Å². The van der Waals surface area contributed by atoms with Gasteiger partial charge in [-0.25, -0.2) is 0 Å². The Balaban J connectivity index is 2.26. The summed E-state index contributed by atoms with van der Waals surface area (Å²) in [5.41, 5.74) is 0.947. The number of phenols is 1. The summed E-state index contributed by atoms with van der Waals surface area (Å²) in [7, 11) is 3.20. The van der Waals surface area contributed by atoms with Gasteiger partial charge in [0.2, 0.25) is 0 Å². The molecule has 0 aliphatic heterocycles. The van der Waals surface area contributed by atoms with E-state index in [4.69, 9.17) is 9.47 Å². The Morgan fingerprint density at radius 1 is 1.06 bits per heavy atom.